The molecule has 1 unspecified atom stereocenters. The van der Waals surface area contributed by atoms with Gasteiger partial charge < -0.3 is 9.47 Å². The highest BCUT2D eigenvalue weighted by Gasteiger charge is 2.22. The van der Waals surface area contributed by atoms with Crippen molar-refractivity contribution in [3.63, 3.8) is 0 Å². The van der Waals surface area contributed by atoms with Crippen LogP contribution in [0.3, 0.4) is 0 Å². The Morgan fingerprint density at radius 2 is 2.09 bits per heavy atom. The predicted octanol–water partition coefficient (Wildman–Crippen LogP) is 4.13. The summed E-state index contributed by atoms with van der Waals surface area (Å²) in [5, 5.41) is 0.638. The van der Waals surface area contributed by atoms with Gasteiger partial charge in [-0.1, -0.05) is 30.7 Å². The van der Waals surface area contributed by atoms with Gasteiger partial charge in [-0.2, -0.15) is 0 Å². The van der Waals surface area contributed by atoms with Crippen LogP contribution in [0.1, 0.15) is 13.3 Å². The minimum absolute atomic E-state index is 0.638. The van der Waals surface area contributed by atoms with Crippen LogP contribution in [-0.4, -0.2) is 27.6 Å². The molecule has 0 saturated carbocycles. The van der Waals surface area contributed by atoms with Gasteiger partial charge in [-0.25, -0.2) is 9.97 Å². The van der Waals surface area contributed by atoms with Crippen LogP contribution in [0.2, 0.25) is 5.02 Å². The van der Waals surface area contributed by atoms with E-state index in [1.54, 1.807) is 6.20 Å². The molecule has 3 heterocycles. The fraction of sp³-hybridized carbons (Fsp3) is 0.333. The molecule has 3 aromatic rings. The molecule has 118 valence electrons. The Balaban J connectivity index is 1.82. The van der Waals surface area contributed by atoms with Crippen molar-refractivity contribution in [2.45, 2.75) is 13.3 Å². The molecule has 4 rings (SSSR count). The summed E-state index contributed by atoms with van der Waals surface area (Å²) in [4.78, 5) is 11.6. The van der Waals surface area contributed by atoms with E-state index in [4.69, 9.17) is 16.6 Å². The van der Waals surface area contributed by atoms with Gasteiger partial charge >= 0.3 is 0 Å². The molecule has 5 heteroatoms. The molecular weight excluding hydrogens is 308 g/mol. The second kappa shape index (κ2) is 5.53. The van der Waals surface area contributed by atoms with Crippen LogP contribution in [0.4, 0.5) is 5.82 Å². The lowest BCUT2D eigenvalue weighted by molar-refractivity contribution is 0.659. The molecule has 0 spiro atoms. The molecule has 0 radical (unpaired) electrons. The normalized spacial score (nSPS) is 18.0. The number of benzene rings is 1. The molecule has 0 N–H and O–H groups in total. The molecule has 1 saturated heterocycles. The quantitative estimate of drug-likeness (QED) is 0.710. The Kier molecular flexibility index (Phi) is 3.49. The zero-order chi connectivity index (χ0) is 16.0. The summed E-state index contributed by atoms with van der Waals surface area (Å²) in [5.41, 5.74) is 3.02. The number of anilines is 1. The van der Waals surface area contributed by atoms with E-state index in [9.17, 15) is 0 Å². The van der Waals surface area contributed by atoms with E-state index in [2.05, 4.69) is 33.5 Å². The Labute approximate surface area is 140 Å². The van der Waals surface area contributed by atoms with Gasteiger partial charge in [0.2, 0.25) is 0 Å². The fourth-order valence-electron chi connectivity index (χ4n) is 3.30. The SMILES string of the molecule is CC1CCN(c2cc(-c3nc4ccccc4n3C)c(Cl)cn2)C1. The molecule has 1 atom stereocenters. The van der Waals surface area contributed by atoms with E-state index in [0.29, 0.717) is 10.9 Å². The summed E-state index contributed by atoms with van der Waals surface area (Å²) in [7, 11) is 2.03. The largest absolute Gasteiger partial charge is 0.356 e. The average Bonchev–Trinajstić information content (AvgIpc) is 3.13. The summed E-state index contributed by atoms with van der Waals surface area (Å²) in [6.45, 7) is 4.39. The standard InChI is InChI=1S/C18H19ClN4/c1-12-7-8-23(11-12)17-9-13(14(19)10-20-17)18-21-15-5-3-4-6-16(15)22(18)2/h3-6,9-10,12H,7-8,11H2,1-2H3. The maximum absolute atomic E-state index is 6.43. The van der Waals surface area contributed by atoms with Crippen molar-refractivity contribution in [2.75, 3.05) is 18.0 Å². The van der Waals surface area contributed by atoms with Gasteiger partial charge in [0, 0.05) is 31.9 Å². The smallest absolute Gasteiger partial charge is 0.142 e. The van der Waals surface area contributed by atoms with Gasteiger partial charge in [0.15, 0.2) is 0 Å². The average molecular weight is 327 g/mol. The zero-order valence-corrected chi connectivity index (χ0v) is 14.1. The summed E-state index contributed by atoms with van der Waals surface area (Å²) >= 11 is 6.43. The third kappa shape index (κ3) is 2.47. The fourth-order valence-corrected chi connectivity index (χ4v) is 3.49. The number of aryl methyl sites for hydroxylation is 1. The van der Waals surface area contributed by atoms with Crippen LogP contribution in [-0.2, 0) is 7.05 Å². The monoisotopic (exact) mass is 326 g/mol. The van der Waals surface area contributed by atoms with Crippen LogP contribution < -0.4 is 4.90 Å². The molecule has 0 amide bonds. The van der Waals surface area contributed by atoms with Crippen LogP contribution >= 0.6 is 11.6 Å². The summed E-state index contributed by atoms with van der Waals surface area (Å²) in [6.07, 6.45) is 2.96. The van der Waals surface area contributed by atoms with Crippen molar-refractivity contribution < 1.29 is 0 Å². The number of hydrogen-bond donors (Lipinski definition) is 0. The Hall–Kier alpha value is -2.07. The minimum atomic E-state index is 0.638. The van der Waals surface area contributed by atoms with Crippen LogP contribution in [0.15, 0.2) is 36.5 Å². The minimum Gasteiger partial charge on any atom is -0.356 e. The second-order valence-electron chi connectivity index (χ2n) is 6.35. The van der Waals surface area contributed by atoms with E-state index in [1.165, 1.54) is 6.42 Å². The lowest BCUT2D eigenvalue weighted by Gasteiger charge is -2.18. The Morgan fingerprint density at radius 1 is 1.26 bits per heavy atom. The number of fused-ring (bicyclic) bond motifs is 1. The number of imidazole rings is 1. The van der Waals surface area contributed by atoms with Crippen molar-refractivity contribution >= 4 is 28.5 Å². The molecular formula is C18H19ClN4. The summed E-state index contributed by atoms with van der Waals surface area (Å²) < 4.78 is 2.09. The van der Waals surface area contributed by atoms with Crippen molar-refractivity contribution in [1.82, 2.24) is 14.5 Å². The topological polar surface area (TPSA) is 34.0 Å². The van der Waals surface area contributed by atoms with Gasteiger partial charge in [-0.05, 0) is 30.5 Å². The number of halogens is 1. The number of pyridine rings is 1. The van der Waals surface area contributed by atoms with Gasteiger partial charge in [-0.3, -0.25) is 0 Å². The molecule has 1 aliphatic heterocycles. The van der Waals surface area contributed by atoms with Gasteiger partial charge in [0.25, 0.3) is 0 Å². The van der Waals surface area contributed by atoms with E-state index in [0.717, 1.165) is 41.3 Å². The Morgan fingerprint density at radius 3 is 2.83 bits per heavy atom. The molecule has 1 aromatic carbocycles. The predicted molar refractivity (Wildman–Crippen MR) is 94.9 cm³/mol. The number of para-hydroxylation sites is 2. The van der Waals surface area contributed by atoms with Crippen molar-refractivity contribution in [3.05, 3.63) is 41.6 Å². The highest BCUT2D eigenvalue weighted by molar-refractivity contribution is 6.33. The number of nitrogens with zero attached hydrogens (tertiary/aromatic N) is 4. The molecule has 4 nitrogen and oxygen atoms in total. The van der Waals surface area contributed by atoms with Gasteiger partial charge in [-0.15, -0.1) is 0 Å². The van der Waals surface area contributed by atoms with Crippen LogP contribution in [0.5, 0.6) is 0 Å². The van der Waals surface area contributed by atoms with E-state index < -0.39 is 0 Å². The molecule has 1 aliphatic rings. The summed E-state index contributed by atoms with van der Waals surface area (Å²) in [5.74, 6) is 2.58. The van der Waals surface area contributed by atoms with Gasteiger partial charge in [0.05, 0.1) is 16.1 Å². The van der Waals surface area contributed by atoms with Crippen LogP contribution in [0, 0.1) is 5.92 Å². The molecule has 2 aromatic heterocycles. The number of aromatic nitrogens is 3. The highest BCUT2D eigenvalue weighted by atomic mass is 35.5. The maximum atomic E-state index is 6.43. The Bertz CT molecular complexity index is 871. The third-order valence-electron chi connectivity index (χ3n) is 4.62. The van der Waals surface area contributed by atoms with Crippen molar-refractivity contribution in [2.24, 2.45) is 13.0 Å². The van der Waals surface area contributed by atoms with E-state index >= 15 is 0 Å². The molecule has 0 aliphatic carbocycles. The zero-order valence-electron chi connectivity index (χ0n) is 13.3. The third-order valence-corrected chi connectivity index (χ3v) is 4.92. The maximum Gasteiger partial charge on any atom is 0.142 e. The number of hydrogen-bond acceptors (Lipinski definition) is 3. The molecule has 23 heavy (non-hydrogen) atoms. The first-order valence-electron chi connectivity index (χ1n) is 7.96. The first kappa shape index (κ1) is 14.5. The first-order valence-corrected chi connectivity index (χ1v) is 8.33. The lowest BCUT2D eigenvalue weighted by Crippen LogP contribution is -2.20. The molecule has 1 fully saturated rings. The highest BCUT2D eigenvalue weighted by Crippen LogP contribution is 2.32. The van der Waals surface area contributed by atoms with E-state index in [-0.39, 0.29) is 0 Å². The van der Waals surface area contributed by atoms with Crippen LogP contribution in [0.25, 0.3) is 22.4 Å². The van der Waals surface area contributed by atoms with Crippen molar-refractivity contribution in [3.8, 4) is 11.4 Å². The second-order valence-corrected chi connectivity index (χ2v) is 6.75. The first-order chi connectivity index (χ1) is 11.1. The lowest BCUT2D eigenvalue weighted by atomic mass is 10.2. The summed E-state index contributed by atoms with van der Waals surface area (Å²) in [6, 6.07) is 10.2. The van der Waals surface area contributed by atoms with Gasteiger partial charge in [0.1, 0.15) is 11.6 Å². The molecule has 0 bridgehead atoms. The van der Waals surface area contributed by atoms with Crippen molar-refractivity contribution in [1.29, 1.82) is 0 Å². The number of rotatable bonds is 2. The van der Waals surface area contributed by atoms with E-state index in [1.807, 2.05) is 25.2 Å².